The van der Waals surface area contributed by atoms with E-state index in [4.69, 9.17) is 28.0 Å². The topological polar surface area (TPSA) is 72.5 Å². The van der Waals surface area contributed by atoms with Crippen molar-refractivity contribution >= 4 is 7.60 Å². The molecule has 0 spiro atoms. The number of hydrogen-bond acceptors (Lipinski definition) is 7. The third-order valence-corrected chi connectivity index (χ3v) is 5.69. The summed E-state index contributed by atoms with van der Waals surface area (Å²) < 4.78 is 45.4. The molecule has 0 heterocycles. The molecule has 0 fully saturated rings. The Kier molecular flexibility index (Phi) is 11.4. The van der Waals surface area contributed by atoms with Gasteiger partial charge in [-0.2, -0.15) is 0 Å². The summed E-state index contributed by atoms with van der Waals surface area (Å²) in [6.45, 7) is 8.41. The van der Waals surface area contributed by atoms with Gasteiger partial charge in [-0.3, -0.25) is 4.57 Å². The van der Waals surface area contributed by atoms with Crippen LogP contribution in [0.4, 0.5) is 0 Å². The molecule has 0 aliphatic rings. The predicted octanol–water partition coefficient (Wildman–Crippen LogP) is 4.93. The molecule has 28 heavy (non-hydrogen) atoms. The molecule has 0 amide bonds. The number of benzene rings is 1. The van der Waals surface area contributed by atoms with Crippen LogP contribution in [0, 0.1) is 0 Å². The zero-order valence-corrected chi connectivity index (χ0v) is 18.7. The van der Waals surface area contributed by atoms with Crippen molar-refractivity contribution in [2.75, 3.05) is 41.0 Å². The predicted molar refractivity (Wildman–Crippen MR) is 109 cm³/mol. The normalized spacial score (nSPS) is 11.4. The Morgan fingerprint density at radius 2 is 1.46 bits per heavy atom. The summed E-state index contributed by atoms with van der Waals surface area (Å²) in [6.07, 6.45) is 2.82. The smallest absolute Gasteiger partial charge is 0.335 e. The van der Waals surface area contributed by atoms with Gasteiger partial charge in [0.25, 0.3) is 0 Å². The second-order valence-electron chi connectivity index (χ2n) is 6.26. The van der Waals surface area contributed by atoms with Gasteiger partial charge in [-0.25, -0.2) is 0 Å². The molecular formula is C20H33O7P. The van der Waals surface area contributed by atoms with Gasteiger partial charge in [0.15, 0.2) is 13.6 Å². The van der Waals surface area contributed by atoms with E-state index in [1.54, 1.807) is 28.1 Å². The van der Waals surface area contributed by atoms with E-state index in [1.165, 1.54) is 5.57 Å². The highest BCUT2D eigenvalue weighted by molar-refractivity contribution is 7.53. The van der Waals surface area contributed by atoms with E-state index in [2.05, 4.69) is 6.08 Å². The van der Waals surface area contributed by atoms with Crippen molar-refractivity contribution in [3.05, 3.63) is 34.9 Å². The van der Waals surface area contributed by atoms with E-state index in [9.17, 15) is 4.57 Å². The largest absolute Gasteiger partial charge is 0.467 e. The van der Waals surface area contributed by atoms with Crippen molar-refractivity contribution in [1.29, 1.82) is 0 Å². The molecule has 160 valence electrons. The quantitative estimate of drug-likeness (QED) is 0.242. The van der Waals surface area contributed by atoms with Gasteiger partial charge in [0.05, 0.1) is 19.4 Å². The maximum absolute atomic E-state index is 12.9. The van der Waals surface area contributed by atoms with Crippen LogP contribution in [0.3, 0.4) is 0 Å². The van der Waals surface area contributed by atoms with Crippen LogP contribution in [0.2, 0.25) is 0 Å². The molecule has 0 saturated heterocycles. The van der Waals surface area contributed by atoms with Crippen LogP contribution in [-0.2, 0) is 35.7 Å². The van der Waals surface area contributed by atoms with Crippen molar-refractivity contribution < 1.29 is 32.6 Å². The van der Waals surface area contributed by atoms with Crippen molar-refractivity contribution in [2.24, 2.45) is 0 Å². The van der Waals surface area contributed by atoms with Crippen molar-refractivity contribution in [3.63, 3.8) is 0 Å². The summed E-state index contributed by atoms with van der Waals surface area (Å²) >= 11 is 0. The minimum Gasteiger partial charge on any atom is -0.467 e. The van der Waals surface area contributed by atoms with Gasteiger partial charge in [-0.05, 0) is 51.8 Å². The van der Waals surface area contributed by atoms with Crippen LogP contribution in [0.15, 0.2) is 23.8 Å². The molecule has 1 aromatic carbocycles. The van der Waals surface area contributed by atoms with Gasteiger partial charge >= 0.3 is 7.60 Å². The summed E-state index contributed by atoms with van der Waals surface area (Å²) in [4.78, 5) is 0. The van der Waals surface area contributed by atoms with Crippen molar-refractivity contribution in [2.45, 2.75) is 40.3 Å². The summed E-state index contributed by atoms with van der Waals surface area (Å²) in [7, 11) is -0.153. The van der Waals surface area contributed by atoms with Gasteiger partial charge in [0.2, 0.25) is 0 Å². The summed E-state index contributed by atoms with van der Waals surface area (Å²) in [5, 5.41) is 0. The summed E-state index contributed by atoms with van der Waals surface area (Å²) in [6, 6.07) is 3.66. The zero-order chi connectivity index (χ0) is 21.0. The fourth-order valence-electron chi connectivity index (χ4n) is 2.52. The molecular weight excluding hydrogens is 383 g/mol. The first-order chi connectivity index (χ1) is 13.4. The van der Waals surface area contributed by atoms with Crippen molar-refractivity contribution in [3.8, 4) is 11.5 Å². The molecule has 0 aliphatic heterocycles. The summed E-state index contributed by atoms with van der Waals surface area (Å²) in [5.41, 5.74) is 2.77. The highest BCUT2D eigenvalue weighted by Gasteiger charge is 2.26. The minimum absolute atomic E-state index is 0.0869. The first-order valence-corrected chi connectivity index (χ1v) is 11.0. The highest BCUT2D eigenvalue weighted by atomic mass is 31.2. The number of ether oxygens (including phenoxy) is 4. The minimum atomic E-state index is -3.26. The molecule has 0 saturated carbocycles. The SMILES string of the molecule is CCOP(=O)(Cc1cc(OCOC)c(CC=C(C)C)c(OCOC)c1)OCC. The standard InChI is InChI=1S/C20H33O7P/c1-7-26-28(21,27-8-2)13-17-11-19(24-14-22-5)18(10-9-16(3)4)20(12-17)25-15-23-6/h9,11-12H,7-8,10,13-15H2,1-6H3. The van der Waals surface area contributed by atoms with E-state index in [1.807, 2.05) is 26.0 Å². The second kappa shape index (κ2) is 13.0. The Labute approximate surface area is 168 Å². The number of hydrogen-bond donors (Lipinski definition) is 0. The molecule has 0 atom stereocenters. The van der Waals surface area contributed by atoms with Crippen LogP contribution in [0.1, 0.15) is 38.8 Å². The molecule has 8 heteroatoms. The van der Waals surface area contributed by atoms with Gasteiger partial charge in [0, 0.05) is 19.8 Å². The molecule has 0 aromatic heterocycles. The van der Waals surface area contributed by atoms with Crippen LogP contribution in [0.5, 0.6) is 11.5 Å². The van der Waals surface area contributed by atoms with E-state index in [0.717, 1.165) is 11.1 Å². The number of allylic oxidation sites excluding steroid dienone is 2. The monoisotopic (exact) mass is 416 g/mol. The average Bonchev–Trinajstić information content (AvgIpc) is 2.63. The maximum Gasteiger partial charge on any atom is 0.335 e. The molecule has 0 aliphatic carbocycles. The summed E-state index contributed by atoms with van der Waals surface area (Å²) in [5.74, 6) is 1.20. The third-order valence-electron chi connectivity index (χ3n) is 3.63. The Bertz CT molecular complexity index is 630. The molecule has 1 rings (SSSR count). The first-order valence-electron chi connectivity index (χ1n) is 9.29. The van der Waals surface area contributed by atoms with Gasteiger partial charge in [-0.1, -0.05) is 11.6 Å². The van der Waals surface area contributed by atoms with Crippen LogP contribution >= 0.6 is 7.60 Å². The van der Waals surface area contributed by atoms with Crippen LogP contribution in [0.25, 0.3) is 0 Å². The van der Waals surface area contributed by atoms with Gasteiger partial charge in [-0.15, -0.1) is 0 Å². The Balaban J connectivity index is 3.36. The Morgan fingerprint density at radius 3 is 1.86 bits per heavy atom. The molecule has 0 N–H and O–H groups in total. The average molecular weight is 416 g/mol. The zero-order valence-electron chi connectivity index (χ0n) is 17.8. The van der Waals surface area contributed by atoms with Crippen LogP contribution < -0.4 is 9.47 Å². The van der Waals surface area contributed by atoms with Gasteiger partial charge in [0.1, 0.15) is 11.5 Å². The molecule has 0 radical (unpaired) electrons. The highest BCUT2D eigenvalue weighted by Crippen LogP contribution is 2.52. The lowest BCUT2D eigenvalue weighted by Crippen LogP contribution is -2.08. The lowest BCUT2D eigenvalue weighted by molar-refractivity contribution is 0.0448. The fourth-order valence-corrected chi connectivity index (χ4v) is 4.19. The second-order valence-corrected chi connectivity index (χ2v) is 8.32. The third kappa shape index (κ3) is 8.33. The molecule has 7 nitrogen and oxygen atoms in total. The Morgan fingerprint density at radius 1 is 0.964 bits per heavy atom. The molecule has 0 unspecified atom stereocenters. The number of rotatable bonds is 14. The van der Waals surface area contributed by atoms with Crippen LogP contribution in [-0.4, -0.2) is 41.0 Å². The van der Waals surface area contributed by atoms with E-state index >= 15 is 0 Å². The first kappa shape index (κ1) is 24.7. The lowest BCUT2D eigenvalue weighted by atomic mass is 10.0. The lowest BCUT2D eigenvalue weighted by Gasteiger charge is -2.20. The number of methoxy groups -OCH3 is 2. The Hall–Kier alpha value is -1.37. The molecule has 1 aromatic rings. The van der Waals surface area contributed by atoms with Crippen molar-refractivity contribution in [1.82, 2.24) is 0 Å². The van der Waals surface area contributed by atoms with Gasteiger partial charge < -0.3 is 28.0 Å². The maximum atomic E-state index is 12.9. The fraction of sp³-hybridized carbons (Fsp3) is 0.600. The molecule has 0 bridgehead atoms. The van der Waals surface area contributed by atoms with E-state index < -0.39 is 7.60 Å². The van der Waals surface area contributed by atoms with E-state index in [-0.39, 0.29) is 19.7 Å². The van der Waals surface area contributed by atoms with E-state index in [0.29, 0.717) is 31.1 Å².